The highest BCUT2D eigenvalue weighted by Crippen LogP contribution is 2.30. The highest BCUT2D eigenvalue weighted by molar-refractivity contribution is 5.79. The number of carbonyl (C=O) groups is 1. The zero-order chi connectivity index (χ0) is 18.8. The second-order valence-electron chi connectivity index (χ2n) is 6.55. The van der Waals surface area contributed by atoms with Crippen LogP contribution >= 0.6 is 0 Å². The van der Waals surface area contributed by atoms with E-state index in [2.05, 4.69) is 10.1 Å². The standard InChI is InChI=1S/C20H21N5O2/c1-2-25-20(27)24-12-11-23(17(26)13-15-7-6-10-21-14-15)18(19(24)22-25)16-8-4-3-5-9-16/h3-10,14,18H,2,11-13H2,1H3. The first-order chi connectivity index (χ1) is 13.2. The third-order valence-electron chi connectivity index (χ3n) is 4.89. The predicted molar refractivity (Wildman–Crippen MR) is 100 cm³/mol. The van der Waals surface area contributed by atoms with Crippen molar-refractivity contribution in [3.63, 3.8) is 0 Å². The van der Waals surface area contributed by atoms with Crippen molar-refractivity contribution in [2.75, 3.05) is 6.54 Å². The molecule has 27 heavy (non-hydrogen) atoms. The maximum absolute atomic E-state index is 13.1. The number of amides is 1. The first kappa shape index (κ1) is 17.2. The van der Waals surface area contributed by atoms with Gasteiger partial charge in [-0.25, -0.2) is 9.48 Å². The summed E-state index contributed by atoms with van der Waals surface area (Å²) < 4.78 is 3.15. The second kappa shape index (κ2) is 7.19. The van der Waals surface area contributed by atoms with Gasteiger partial charge in [0.25, 0.3) is 0 Å². The van der Waals surface area contributed by atoms with Crippen LogP contribution in [0.25, 0.3) is 0 Å². The molecule has 1 unspecified atom stereocenters. The van der Waals surface area contributed by atoms with Crippen LogP contribution in [0.1, 0.15) is 29.9 Å². The number of rotatable bonds is 4. The third kappa shape index (κ3) is 3.16. The molecule has 1 aliphatic rings. The van der Waals surface area contributed by atoms with Gasteiger partial charge in [-0.15, -0.1) is 0 Å². The smallest absolute Gasteiger partial charge is 0.326 e. The molecule has 0 N–H and O–H groups in total. The van der Waals surface area contributed by atoms with Crippen LogP contribution in [0.2, 0.25) is 0 Å². The van der Waals surface area contributed by atoms with Crippen molar-refractivity contribution in [1.82, 2.24) is 24.2 Å². The average molecular weight is 363 g/mol. The zero-order valence-electron chi connectivity index (χ0n) is 15.2. The Morgan fingerprint density at radius 2 is 1.96 bits per heavy atom. The predicted octanol–water partition coefficient (Wildman–Crippen LogP) is 1.63. The fourth-order valence-corrected chi connectivity index (χ4v) is 3.56. The van der Waals surface area contributed by atoms with Crippen molar-refractivity contribution in [3.8, 4) is 0 Å². The Morgan fingerprint density at radius 1 is 1.15 bits per heavy atom. The van der Waals surface area contributed by atoms with E-state index >= 15 is 0 Å². The van der Waals surface area contributed by atoms with Crippen molar-refractivity contribution in [3.05, 3.63) is 82.3 Å². The number of hydrogen-bond donors (Lipinski definition) is 0. The van der Waals surface area contributed by atoms with Gasteiger partial charge in [-0.2, -0.15) is 5.10 Å². The molecule has 0 bridgehead atoms. The van der Waals surface area contributed by atoms with Crippen molar-refractivity contribution >= 4 is 5.91 Å². The summed E-state index contributed by atoms with van der Waals surface area (Å²) in [5, 5.41) is 4.53. The lowest BCUT2D eigenvalue weighted by Crippen LogP contribution is -2.45. The number of fused-ring (bicyclic) bond motifs is 1. The Labute approximate surface area is 156 Å². The Bertz CT molecular complexity index is 994. The van der Waals surface area contributed by atoms with Crippen LogP contribution in [0.15, 0.2) is 59.7 Å². The zero-order valence-corrected chi connectivity index (χ0v) is 15.2. The minimum absolute atomic E-state index is 0.00148. The molecular weight excluding hydrogens is 342 g/mol. The van der Waals surface area contributed by atoms with Crippen LogP contribution < -0.4 is 5.69 Å². The molecule has 4 rings (SSSR count). The topological polar surface area (TPSA) is 73.0 Å². The molecule has 1 amide bonds. The Hall–Kier alpha value is -3.22. The normalized spacial score (nSPS) is 16.2. The molecule has 0 saturated heterocycles. The summed E-state index contributed by atoms with van der Waals surface area (Å²) in [6.07, 6.45) is 3.68. The van der Waals surface area contributed by atoms with Gasteiger partial charge < -0.3 is 4.90 Å². The van der Waals surface area contributed by atoms with Gasteiger partial charge in [-0.1, -0.05) is 36.4 Å². The summed E-state index contributed by atoms with van der Waals surface area (Å²) in [6, 6.07) is 13.1. The van der Waals surface area contributed by atoms with Crippen molar-refractivity contribution in [2.45, 2.75) is 32.5 Å². The fourth-order valence-electron chi connectivity index (χ4n) is 3.56. The minimum atomic E-state index is -0.371. The second-order valence-corrected chi connectivity index (χ2v) is 6.55. The van der Waals surface area contributed by atoms with Gasteiger partial charge in [0.2, 0.25) is 5.91 Å². The SMILES string of the molecule is CCn1nc2n(c1=O)CCN(C(=O)Cc1cccnc1)C2c1ccccc1. The van der Waals surface area contributed by atoms with E-state index < -0.39 is 0 Å². The molecule has 2 aromatic heterocycles. The monoisotopic (exact) mass is 363 g/mol. The quantitative estimate of drug-likeness (QED) is 0.706. The van der Waals surface area contributed by atoms with Crippen LogP contribution in [0.5, 0.6) is 0 Å². The molecule has 0 saturated carbocycles. The molecule has 7 heteroatoms. The summed E-state index contributed by atoms with van der Waals surface area (Å²) in [7, 11) is 0. The van der Waals surface area contributed by atoms with E-state index in [-0.39, 0.29) is 24.1 Å². The minimum Gasteiger partial charge on any atom is -0.326 e. The highest BCUT2D eigenvalue weighted by atomic mass is 16.2. The largest absolute Gasteiger partial charge is 0.346 e. The van der Waals surface area contributed by atoms with Crippen LogP contribution in [-0.2, 0) is 24.3 Å². The van der Waals surface area contributed by atoms with Crippen molar-refractivity contribution < 1.29 is 4.79 Å². The molecule has 138 valence electrons. The number of aromatic nitrogens is 4. The average Bonchev–Trinajstić information content (AvgIpc) is 3.04. The van der Waals surface area contributed by atoms with Gasteiger partial charge in [-0.3, -0.25) is 14.3 Å². The maximum atomic E-state index is 13.1. The molecule has 3 aromatic rings. The number of hydrogen-bond acceptors (Lipinski definition) is 4. The summed E-state index contributed by atoms with van der Waals surface area (Å²) in [5.41, 5.74) is 1.70. The third-order valence-corrected chi connectivity index (χ3v) is 4.89. The van der Waals surface area contributed by atoms with E-state index in [1.807, 2.05) is 54.3 Å². The molecule has 1 atom stereocenters. The number of benzene rings is 1. The van der Waals surface area contributed by atoms with E-state index in [1.165, 1.54) is 4.68 Å². The van der Waals surface area contributed by atoms with Crippen LogP contribution in [0.3, 0.4) is 0 Å². The lowest BCUT2D eigenvalue weighted by Gasteiger charge is -2.35. The van der Waals surface area contributed by atoms with E-state index in [4.69, 9.17) is 0 Å². The summed E-state index contributed by atoms with van der Waals surface area (Å²) >= 11 is 0. The van der Waals surface area contributed by atoms with Crippen LogP contribution in [0, 0.1) is 0 Å². The molecule has 0 aliphatic carbocycles. The highest BCUT2D eigenvalue weighted by Gasteiger charge is 2.35. The van der Waals surface area contributed by atoms with Gasteiger partial charge >= 0.3 is 5.69 Å². The molecule has 7 nitrogen and oxygen atoms in total. The Balaban J connectivity index is 1.74. The molecule has 0 radical (unpaired) electrons. The fraction of sp³-hybridized carbons (Fsp3) is 0.300. The summed E-state index contributed by atoms with van der Waals surface area (Å²) in [6.45, 7) is 3.32. The summed E-state index contributed by atoms with van der Waals surface area (Å²) in [5.74, 6) is 0.625. The van der Waals surface area contributed by atoms with E-state index in [9.17, 15) is 9.59 Å². The lowest BCUT2D eigenvalue weighted by molar-refractivity contribution is -0.133. The van der Waals surface area contributed by atoms with Crippen molar-refractivity contribution in [2.24, 2.45) is 0 Å². The molecule has 3 heterocycles. The first-order valence-electron chi connectivity index (χ1n) is 9.10. The van der Waals surface area contributed by atoms with E-state index in [1.54, 1.807) is 17.0 Å². The molecule has 0 spiro atoms. The van der Waals surface area contributed by atoms with Gasteiger partial charge in [-0.05, 0) is 24.1 Å². The number of aryl methyl sites for hydroxylation is 1. The first-order valence-corrected chi connectivity index (χ1v) is 9.10. The Kier molecular flexibility index (Phi) is 4.58. The van der Waals surface area contributed by atoms with Crippen LogP contribution in [-0.4, -0.2) is 36.7 Å². The number of nitrogens with zero attached hydrogens (tertiary/aromatic N) is 5. The van der Waals surface area contributed by atoms with E-state index in [0.717, 1.165) is 11.1 Å². The van der Waals surface area contributed by atoms with Gasteiger partial charge in [0.05, 0.1) is 6.42 Å². The van der Waals surface area contributed by atoms with E-state index in [0.29, 0.717) is 25.5 Å². The maximum Gasteiger partial charge on any atom is 0.346 e. The molecule has 1 aromatic carbocycles. The van der Waals surface area contributed by atoms with Crippen molar-refractivity contribution in [1.29, 1.82) is 0 Å². The van der Waals surface area contributed by atoms with Gasteiger partial charge in [0.1, 0.15) is 6.04 Å². The van der Waals surface area contributed by atoms with Gasteiger partial charge in [0.15, 0.2) is 5.82 Å². The van der Waals surface area contributed by atoms with Gasteiger partial charge in [0, 0.05) is 32.0 Å². The van der Waals surface area contributed by atoms with Crippen LogP contribution in [0.4, 0.5) is 0 Å². The molecule has 1 aliphatic heterocycles. The molecular formula is C20H21N5O2. The summed E-state index contributed by atoms with van der Waals surface area (Å²) in [4.78, 5) is 31.6. The Morgan fingerprint density at radius 3 is 2.67 bits per heavy atom. The number of carbonyl (C=O) groups excluding carboxylic acids is 1. The number of pyridine rings is 1. The molecule has 0 fully saturated rings. The lowest BCUT2D eigenvalue weighted by atomic mass is 10.0.